The highest BCUT2D eigenvalue weighted by Gasteiger charge is 2.38. The van der Waals surface area contributed by atoms with E-state index in [2.05, 4.69) is 38.3 Å². The van der Waals surface area contributed by atoms with Gasteiger partial charge >= 0.3 is 0 Å². The second-order valence-corrected chi connectivity index (χ2v) is 6.66. The standard InChI is InChI=1S/C13H26N2O/c1-9(2)11(16)14-10-7-12(3,4)15-13(5,6)8-10/h9-10,15H,7-8H2,1-6H3,(H,14,16). The van der Waals surface area contributed by atoms with E-state index in [1.165, 1.54) is 0 Å². The van der Waals surface area contributed by atoms with Crippen molar-refractivity contribution in [2.75, 3.05) is 0 Å². The zero-order chi connectivity index (χ0) is 12.6. The number of carbonyl (C=O) groups excluding carboxylic acids is 1. The predicted octanol–water partition coefficient (Wildman–Crippen LogP) is 2.07. The van der Waals surface area contributed by atoms with E-state index in [1.54, 1.807) is 0 Å². The van der Waals surface area contributed by atoms with E-state index >= 15 is 0 Å². The van der Waals surface area contributed by atoms with Crippen LogP contribution in [0.15, 0.2) is 0 Å². The Bertz CT molecular complexity index is 253. The molecule has 0 aliphatic carbocycles. The Kier molecular flexibility index (Phi) is 3.68. The molecule has 0 atom stereocenters. The van der Waals surface area contributed by atoms with Crippen molar-refractivity contribution in [1.82, 2.24) is 10.6 Å². The summed E-state index contributed by atoms with van der Waals surface area (Å²) in [7, 11) is 0. The van der Waals surface area contributed by atoms with Gasteiger partial charge in [-0.25, -0.2) is 0 Å². The number of carbonyl (C=O) groups is 1. The van der Waals surface area contributed by atoms with Gasteiger partial charge in [-0.1, -0.05) is 13.8 Å². The molecule has 16 heavy (non-hydrogen) atoms. The Balaban J connectivity index is 2.64. The minimum absolute atomic E-state index is 0.0705. The molecule has 0 spiro atoms. The molecule has 94 valence electrons. The third kappa shape index (κ3) is 3.78. The third-order valence-electron chi connectivity index (χ3n) is 3.06. The Morgan fingerprint density at radius 3 is 2.00 bits per heavy atom. The van der Waals surface area contributed by atoms with Gasteiger partial charge in [-0.05, 0) is 40.5 Å². The Morgan fingerprint density at radius 1 is 1.19 bits per heavy atom. The first-order valence-electron chi connectivity index (χ1n) is 6.21. The molecule has 1 amide bonds. The number of hydrogen-bond acceptors (Lipinski definition) is 2. The van der Waals surface area contributed by atoms with Crippen LogP contribution in [0.3, 0.4) is 0 Å². The van der Waals surface area contributed by atoms with Crippen LogP contribution >= 0.6 is 0 Å². The summed E-state index contributed by atoms with van der Waals surface area (Å²) in [5.41, 5.74) is 0.188. The number of hydrogen-bond donors (Lipinski definition) is 2. The van der Waals surface area contributed by atoms with E-state index in [9.17, 15) is 4.79 Å². The van der Waals surface area contributed by atoms with E-state index in [1.807, 2.05) is 13.8 Å². The Morgan fingerprint density at radius 2 is 1.62 bits per heavy atom. The van der Waals surface area contributed by atoms with Gasteiger partial charge in [0.05, 0.1) is 0 Å². The van der Waals surface area contributed by atoms with Gasteiger partial charge < -0.3 is 10.6 Å². The van der Waals surface area contributed by atoms with E-state index < -0.39 is 0 Å². The fourth-order valence-electron chi connectivity index (χ4n) is 2.79. The summed E-state index contributed by atoms with van der Waals surface area (Å²) in [5.74, 6) is 0.236. The molecule has 0 aromatic carbocycles. The van der Waals surface area contributed by atoms with Crippen LogP contribution in [0, 0.1) is 5.92 Å². The molecule has 0 bridgehead atoms. The molecule has 1 fully saturated rings. The minimum Gasteiger partial charge on any atom is -0.353 e. The maximum absolute atomic E-state index is 11.7. The molecule has 1 heterocycles. The largest absolute Gasteiger partial charge is 0.353 e. The van der Waals surface area contributed by atoms with Crippen LogP contribution in [0.5, 0.6) is 0 Å². The van der Waals surface area contributed by atoms with Crippen LogP contribution in [0.2, 0.25) is 0 Å². The Labute approximate surface area is 99.4 Å². The first kappa shape index (κ1) is 13.5. The fourth-order valence-corrected chi connectivity index (χ4v) is 2.79. The molecule has 3 nitrogen and oxygen atoms in total. The highest BCUT2D eigenvalue weighted by atomic mass is 16.1. The second-order valence-electron chi connectivity index (χ2n) is 6.66. The summed E-state index contributed by atoms with van der Waals surface area (Å²) in [6.07, 6.45) is 1.99. The molecule has 3 heteroatoms. The normalized spacial score (nSPS) is 24.4. The smallest absolute Gasteiger partial charge is 0.222 e. The number of nitrogens with one attached hydrogen (secondary N) is 2. The molecule has 1 aliphatic rings. The summed E-state index contributed by atoms with van der Waals surface area (Å²) in [6.45, 7) is 12.7. The SMILES string of the molecule is CC(C)C(=O)NC1CC(C)(C)NC(C)(C)C1. The fraction of sp³-hybridized carbons (Fsp3) is 0.923. The van der Waals surface area contributed by atoms with Crippen molar-refractivity contribution >= 4 is 5.91 Å². The quantitative estimate of drug-likeness (QED) is 0.757. The molecule has 1 saturated heterocycles. The monoisotopic (exact) mass is 226 g/mol. The van der Waals surface area contributed by atoms with E-state index in [4.69, 9.17) is 0 Å². The summed E-state index contributed by atoms with van der Waals surface area (Å²) in [5, 5.41) is 6.76. The molecule has 0 unspecified atom stereocenters. The topological polar surface area (TPSA) is 41.1 Å². The van der Waals surface area contributed by atoms with Crippen molar-refractivity contribution in [3.05, 3.63) is 0 Å². The lowest BCUT2D eigenvalue weighted by Crippen LogP contribution is -2.62. The molecule has 1 aliphatic heterocycles. The molecular formula is C13H26N2O. The number of amides is 1. The number of rotatable bonds is 2. The lowest BCUT2D eigenvalue weighted by molar-refractivity contribution is -0.125. The summed E-state index contributed by atoms with van der Waals surface area (Å²) in [4.78, 5) is 11.7. The summed E-state index contributed by atoms with van der Waals surface area (Å²) in [6, 6.07) is 0.293. The van der Waals surface area contributed by atoms with Crippen LogP contribution in [-0.4, -0.2) is 23.0 Å². The maximum Gasteiger partial charge on any atom is 0.222 e. The average Bonchev–Trinajstić information content (AvgIpc) is 1.96. The first-order chi connectivity index (χ1) is 7.11. The Hall–Kier alpha value is -0.570. The van der Waals surface area contributed by atoms with Gasteiger partial charge in [0.1, 0.15) is 0 Å². The van der Waals surface area contributed by atoms with Gasteiger partial charge in [0, 0.05) is 23.0 Å². The van der Waals surface area contributed by atoms with Crippen molar-refractivity contribution in [2.24, 2.45) is 5.92 Å². The highest BCUT2D eigenvalue weighted by molar-refractivity contribution is 5.78. The lowest BCUT2D eigenvalue weighted by Gasteiger charge is -2.46. The van der Waals surface area contributed by atoms with Gasteiger partial charge in [-0.15, -0.1) is 0 Å². The summed E-state index contributed by atoms with van der Waals surface area (Å²) >= 11 is 0. The van der Waals surface area contributed by atoms with Crippen molar-refractivity contribution < 1.29 is 4.79 Å². The third-order valence-corrected chi connectivity index (χ3v) is 3.06. The van der Waals surface area contributed by atoms with Crippen LogP contribution in [0.25, 0.3) is 0 Å². The van der Waals surface area contributed by atoms with E-state index in [0.29, 0.717) is 6.04 Å². The van der Waals surface area contributed by atoms with Crippen molar-refractivity contribution in [2.45, 2.75) is 71.5 Å². The van der Waals surface area contributed by atoms with Gasteiger partial charge in [0.15, 0.2) is 0 Å². The first-order valence-corrected chi connectivity index (χ1v) is 6.21. The van der Waals surface area contributed by atoms with Gasteiger partial charge in [-0.3, -0.25) is 4.79 Å². The zero-order valence-corrected chi connectivity index (χ0v) is 11.5. The molecule has 0 aromatic rings. The molecular weight excluding hydrogens is 200 g/mol. The van der Waals surface area contributed by atoms with Crippen LogP contribution < -0.4 is 10.6 Å². The molecule has 2 N–H and O–H groups in total. The van der Waals surface area contributed by atoms with Gasteiger partial charge in [0.25, 0.3) is 0 Å². The van der Waals surface area contributed by atoms with Gasteiger partial charge in [0.2, 0.25) is 5.91 Å². The predicted molar refractivity (Wildman–Crippen MR) is 67.3 cm³/mol. The molecule has 0 saturated carbocycles. The van der Waals surface area contributed by atoms with Crippen LogP contribution in [0.1, 0.15) is 54.4 Å². The molecule has 0 aromatic heterocycles. The zero-order valence-electron chi connectivity index (χ0n) is 11.5. The van der Waals surface area contributed by atoms with Gasteiger partial charge in [-0.2, -0.15) is 0 Å². The van der Waals surface area contributed by atoms with E-state index in [-0.39, 0.29) is 22.9 Å². The van der Waals surface area contributed by atoms with Crippen LogP contribution in [0.4, 0.5) is 0 Å². The highest BCUT2D eigenvalue weighted by Crippen LogP contribution is 2.28. The van der Waals surface area contributed by atoms with Crippen LogP contribution in [-0.2, 0) is 4.79 Å². The number of piperidine rings is 1. The molecule has 1 rings (SSSR count). The van der Waals surface area contributed by atoms with Crippen molar-refractivity contribution in [3.8, 4) is 0 Å². The van der Waals surface area contributed by atoms with Crippen molar-refractivity contribution in [1.29, 1.82) is 0 Å². The second kappa shape index (κ2) is 4.36. The maximum atomic E-state index is 11.7. The van der Waals surface area contributed by atoms with Crippen molar-refractivity contribution in [3.63, 3.8) is 0 Å². The lowest BCUT2D eigenvalue weighted by atomic mass is 9.79. The van der Waals surface area contributed by atoms with E-state index in [0.717, 1.165) is 12.8 Å². The average molecular weight is 226 g/mol. The summed E-state index contributed by atoms with van der Waals surface area (Å²) < 4.78 is 0. The molecule has 0 radical (unpaired) electrons. The minimum atomic E-state index is 0.0705.